The summed E-state index contributed by atoms with van der Waals surface area (Å²) in [6.07, 6.45) is 6.58. The van der Waals surface area contributed by atoms with Crippen molar-refractivity contribution in [3.63, 3.8) is 0 Å². The van der Waals surface area contributed by atoms with Gasteiger partial charge >= 0.3 is 0 Å². The Morgan fingerprint density at radius 1 is 1.12 bits per heavy atom. The molecule has 166 valence electrons. The fraction of sp³-hybridized carbons (Fsp3) is 0.280. The van der Waals surface area contributed by atoms with Gasteiger partial charge in [-0.15, -0.1) is 0 Å². The lowest BCUT2D eigenvalue weighted by Gasteiger charge is -2.21. The highest BCUT2D eigenvalue weighted by molar-refractivity contribution is 5.71. The van der Waals surface area contributed by atoms with Crippen molar-refractivity contribution in [2.45, 2.75) is 32.4 Å². The van der Waals surface area contributed by atoms with E-state index >= 15 is 0 Å². The van der Waals surface area contributed by atoms with Crippen molar-refractivity contribution in [2.75, 3.05) is 18.7 Å². The molecular formula is C25H27N3O4. The lowest BCUT2D eigenvalue weighted by molar-refractivity contribution is -0.105. The topological polar surface area (TPSA) is 72.9 Å². The van der Waals surface area contributed by atoms with Crippen molar-refractivity contribution in [3.05, 3.63) is 72.6 Å². The molecule has 7 heteroatoms. The number of para-hydroxylation sites is 1. The Balaban J connectivity index is 0.000000153. The minimum absolute atomic E-state index is 0.363. The SMILES string of the molecule is CC1CCCN1Cc1cccc2c1OCO2.O=CNc1ccc(Oc2cccnc2)cc1. The average molecular weight is 434 g/mol. The zero-order valence-corrected chi connectivity index (χ0v) is 18.1. The zero-order chi connectivity index (χ0) is 22.2. The van der Waals surface area contributed by atoms with Crippen LogP contribution in [0.1, 0.15) is 25.3 Å². The Morgan fingerprint density at radius 2 is 2.00 bits per heavy atom. The van der Waals surface area contributed by atoms with Crippen LogP contribution in [0, 0.1) is 0 Å². The number of carbonyl (C=O) groups excluding carboxylic acids is 1. The van der Waals surface area contributed by atoms with Gasteiger partial charge in [-0.25, -0.2) is 0 Å². The highest BCUT2D eigenvalue weighted by Crippen LogP contribution is 2.36. The number of likely N-dealkylation sites (tertiary alicyclic amines) is 1. The Kier molecular flexibility index (Phi) is 7.19. The van der Waals surface area contributed by atoms with E-state index in [2.05, 4.69) is 28.2 Å². The van der Waals surface area contributed by atoms with Crippen molar-refractivity contribution < 1.29 is 19.0 Å². The first-order valence-electron chi connectivity index (χ1n) is 10.7. The third kappa shape index (κ3) is 5.56. The first-order valence-corrected chi connectivity index (χ1v) is 10.7. The van der Waals surface area contributed by atoms with Crippen molar-refractivity contribution in [3.8, 4) is 23.0 Å². The smallest absolute Gasteiger partial charge is 0.231 e. The number of amides is 1. The molecule has 3 aromatic rings. The molecule has 0 spiro atoms. The number of hydrogen-bond acceptors (Lipinski definition) is 6. The molecule has 32 heavy (non-hydrogen) atoms. The first kappa shape index (κ1) is 21.6. The van der Waals surface area contributed by atoms with E-state index in [1.807, 2.05) is 18.2 Å². The molecule has 1 unspecified atom stereocenters. The van der Waals surface area contributed by atoms with Gasteiger partial charge in [-0.2, -0.15) is 0 Å². The third-order valence-corrected chi connectivity index (χ3v) is 5.49. The van der Waals surface area contributed by atoms with Crippen LogP contribution in [-0.2, 0) is 11.3 Å². The molecule has 2 aromatic carbocycles. The Labute approximate surface area is 187 Å². The molecule has 0 saturated carbocycles. The Hall–Kier alpha value is -3.58. The standard InChI is InChI=1S/C13H17NO2.C12H10N2O2/c1-10-4-3-7-14(10)8-11-5-2-6-12-13(11)16-9-15-12;15-9-14-10-3-5-11(6-4-10)16-12-2-1-7-13-8-12/h2,5-6,10H,3-4,7-9H2,1H3;1-9H,(H,14,15). The van der Waals surface area contributed by atoms with E-state index in [9.17, 15) is 4.79 Å². The maximum Gasteiger partial charge on any atom is 0.231 e. The summed E-state index contributed by atoms with van der Waals surface area (Å²) in [6, 6.07) is 17.6. The maximum atomic E-state index is 10.2. The maximum absolute atomic E-state index is 10.2. The molecule has 3 heterocycles. The number of fused-ring (bicyclic) bond motifs is 1. The highest BCUT2D eigenvalue weighted by Gasteiger charge is 2.24. The molecule has 1 saturated heterocycles. The molecule has 0 aliphatic carbocycles. The number of anilines is 1. The van der Waals surface area contributed by atoms with Gasteiger partial charge in [0.1, 0.15) is 11.5 Å². The minimum Gasteiger partial charge on any atom is -0.456 e. The van der Waals surface area contributed by atoms with E-state index in [1.54, 1.807) is 42.7 Å². The molecule has 1 aromatic heterocycles. The summed E-state index contributed by atoms with van der Waals surface area (Å²) in [5, 5.41) is 2.55. The van der Waals surface area contributed by atoms with Crippen molar-refractivity contribution >= 4 is 12.1 Å². The summed E-state index contributed by atoms with van der Waals surface area (Å²) in [5.74, 6) is 3.22. The lowest BCUT2D eigenvalue weighted by Crippen LogP contribution is -2.26. The van der Waals surface area contributed by atoms with Crippen LogP contribution >= 0.6 is 0 Å². The second-order valence-corrected chi connectivity index (χ2v) is 7.69. The zero-order valence-electron chi connectivity index (χ0n) is 18.1. The van der Waals surface area contributed by atoms with Crippen LogP contribution < -0.4 is 19.5 Å². The van der Waals surface area contributed by atoms with Crippen LogP contribution in [0.25, 0.3) is 0 Å². The van der Waals surface area contributed by atoms with Gasteiger partial charge < -0.3 is 19.5 Å². The van der Waals surface area contributed by atoms with Crippen molar-refractivity contribution in [1.82, 2.24) is 9.88 Å². The molecular weight excluding hydrogens is 406 g/mol. The van der Waals surface area contributed by atoms with Crippen LogP contribution in [0.15, 0.2) is 67.0 Å². The van der Waals surface area contributed by atoms with Gasteiger partial charge in [0.15, 0.2) is 11.5 Å². The molecule has 7 nitrogen and oxygen atoms in total. The van der Waals surface area contributed by atoms with Crippen molar-refractivity contribution in [1.29, 1.82) is 0 Å². The normalized spacial score (nSPS) is 16.7. The van der Waals surface area contributed by atoms with Crippen LogP contribution in [0.2, 0.25) is 0 Å². The van der Waals surface area contributed by atoms with Gasteiger partial charge in [0, 0.05) is 30.0 Å². The highest BCUT2D eigenvalue weighted by atomic mass is 16.7. The van der Waals surface area contributed by atoms with E-state index in [0.717, 1.165) is 23.7 Å². The summed E-state index contributed by atoms with van der Waals surface area (Å²) in [6.45, 7) is 4.84. The van der Waals surface area contributed by atoms with Crippen LogP contribution in [0.3, 0.4) is 0 Å². The Morgan fingerprint density at radius 3 is 2.72 bits per heavy atom. The van der Waals surface area contributed by atoms with Gasteiger partial charge in [-0.3, -0.25) is 14.7 Å². The predicted molar refractivity (Wildman–Crippen MR) is 122 cm³/mol. The first-order chi connectivity index (χ1) is 15.7. The molecule has 1 fully saturated rings. The van der Waals surface area contributed by atoms with E-state index in [4.69, 9.17) is 14.2 Å². The number of aromatic nitrogens is 1. The second-order valence-electron chi connectivity index (χ2n) is 7.69. The molecule has 1 N–H and O–H groups in total. The largest absolute Gasteiger partial charge is 0.456 e. The van der Waals surface area contributed by atoms with E-state index < -0.39 is 0 Å². The van der Waals surface area contributed by atoms with E-state index in [1.165, 1.54) is 24.9 Å². The lowest BCUT2D eigenvalue weighted by atomic mass is 10.1. The van der Waals surface area contributed by atoms with Crippen molar-refractivity contribution in [2.24, 2.45) is 0 Å². The molecule has 1 atom stereocenters. The van der Waals surface area contributed by atoms with Gasteiger partial charge in [0.05, 0.1) is 6.20 Å². The quantitative estimate of drug-likeness (QED) is 0.561. The van der Waals surface area contributed by atoms with Gasteiger partial charge in [-0.1, -0.05) is 12.1 Å². The van der Waals surface area contributed by atoms with Gasteiger partial charge in [0.25, 0.3) is 0 Å². The van der Waals surface area contributed by atoms with Gasteiger partial charge in [0.2, 0.25) is 13.2 Å². The number of nitrogens with one attached hydrogen (secondary N) is 1. The summed E-state index contributed by atoms with van der Waals surface area (Å²) >= 11 is 0. The molecule has 2 aliphatic rings. The third-order valence-electron chi connectivity index (χ3n) is 5.49. The van der Waals surface area contributed by atoms with E-state index in [-0.39, 0.29) is 0 Å². The molecule has 5 rings (SSSR count). The monoisotopic (exact) mass is 433 g/mol. The molecule has 0 radical (unpaired) electrons. The molecule has 1 amide bonds. The van der Waals surface area contributed by atoms with E-state index in [0.29, 0.717) is 30.7 Å². The number of hydrogen-bond donors (Lipinski definition) is 1. The summed E-state index contributed by atoms with van der Waals surface area (Å²) in [7, 11) is 0. The Bertz CT molecular complexity index is 1010. The number of rotatable bonds is 6. The van der Waals surface area contributed by atoms with Gasteiger partial charge in [-0.05, 0) is 68.8 Å². The van der Waals surface area contributed by atoms with Crippen LogP contribution in [0.4, 0.5) is 5.69 Å². The number of ether oxygens (including phenoxy) is 3. The summed E-state index contributed by atoms with van der Waals surface area (Å²) in [4.78, 5) is 16.7. The molecule has 2 aliphatic heterocycles. The molecule has 0 bridgehead atoms. The fourth-order valence-corrected chi connectivity index (χ4v) is 3.79. The predicted octanol–water partition coefficient (Wildman–Crippen LogP) is 4.84. The number of pyridine rings is 1. The average Bonchev–Trinajstić information content (AvgIpc) is 3.46. The fourth-order valence-electron chi connectivity index (χ4n) is 3.79. The van der Waals surface area contributed by atoms with Crippen LogP contribution in [0.5, 0.6) is 23.0 Å². The second kappa shape index (κ2) is 10.6. The summed E-state index contributed by atoms with van der Waals surface area (Å²) in [5.41, 5.74) is 1.98. The number of benzene rings is 2. The van der Waals surface area contributed by atoms with Crippen LogP contribution in [-0.4, -0.2) is 35.7 Å². The minimum atomic E-state index is 0.363. The summed E-state index contributed by atoms with van der Waals surface area (Å²) < 4.78 is 16.4. The number of nitrogens with zero attached hydrogens (tertiary/aromatic N) is 2. The number of carbonyl (C=O) groups is 1.